The summed E-state index contributed by atoms with van der Waals surface area (Å²) in [7, 11) is 0. The first-order valence-electron chi connectivity index (χ1n) is 2.61. The van der Waals surface area contributed by atoms with Crippen molar-refractivity contribution in [3.8, 4) is 0 Å². The molecule has 5 nitrogen and oxygen atoms in total. The van der Waals surface area contributed by atoms with Crippen molar-refractivity contribution in [2.24, 2.45) is 15.7 Å². The molecule has 0 saturated carbocycles. The first-order valence-corrected chi connectivity index (χ1v) is 2.61. The van der Waals surface area contributed by atoms with Crippen molar-refractivity contribution < 1.29 is 9.59 Å². The molecule has 1 aliphatic heterocycles. The minimum absolute atomic E-state index is 0.461. The SMILES string of the molecule is NC(=O)C1C=NC(=O)C=N1. The molecule has 0 spiro atoms. The number of hydrogen-bond acceptors (Lipinski definition) is 3. The molecule has 1 atom stereocenters. The highest BCUT2D eigenvalue weighted by Crippen LogP contribution is 1.90. The maximum atomic E-state index is 10.4. The molecule has 52 valence electrons. The number of carbonyl (C=O) groups excluding carboxylic acids is 2. The maximum absolute atomic E-state index is 10.4. The van der Waals surface area contributed by atoms with Gasteiger partial charge in [0.05, 0.1) is 6.21 Å². The Kier molecular flexibility index (Phi) is 1.57. The highest BCUT2D eigenvalue weighted by atomic mass is 16.2. The van der Waals surface area contributed by atoms with Gasteiger partial charge in [-0.15, -0.1) is 0 Å². The third-order valence-electron chi connectivity index (χ3n) is 0.980. The highest BCUT2D eigenvalue weighted by Gasteiger charge is 2.13. The molecule has 1 rings (SSSR count). The summed E-state index contributed by atoms with van der Waals surface area (Å²) >= 11 is 0. The molecule has 0 aromatic rings. The van der Waals surface area contributed by atoms with E-state index in [0.29, 0.717) is 0 Å². The summed E-state index contributed by atoms with van der Waals surface area (Å²) in [6, 6.07) is -0.766. The lowest BCUT2D eigenvalue weighted by Gasteiger charge is -2.02. The number of carbonyl (C=O) groups is 2. The smallest absolute Gasteiger partial charge is 0.287 e. The monoisotopic (exact) mass is 139 g/mol. The standard InChI is InChI=1S/C5H5N3O2/c6-5(10)3-1-8-4(9)2-7-3/h1-3H,(H2,6,10). The molecule has 0 bridgehead atoms. The predicted molar refractivity (Wildman–Crippen MR) is 35.0 cm³/mol. The van der Waals surface area contributed by atoms with Gasteiger partial charge in [0, 0.05) is 6.21 Å². The van der Waals surface area contributed by atoms with Gasteiger partial charge in [-0.2, -0.15) is 0 Å². The fourth-order valence-electron chi connectivity index (χ4n) is 0.507. The number of primary amides is 1. The van der Waals surface area contributed by atoms with Gasteiger partial charge in [0.15, 0.2) is 6.04 Å². The molecule has 0 aromatic heterocycles. The van der Waals surface area contributed by atoms with Gasteiger partial charge in [-0.05, 0) is 0 Å². The van der Waals surface area contributed by atoms with Gasteiger partial charge < -0.3 is 5.73 Å². The van der Waals surface area contributed by atoms with Crippen LogP contribution < -0.4 is 5.73 Å². The second-order valence-corrected chi connectivity index (χ2v) is 1.74. The minimum Gasteiger partial charge on any atom is -0.367 e. The Labute approximate surface area is 56.6 Å². The van der Waals surface area contributed by atoms with Crippen molar-refractivity contribution in [1.29, 1.82) is 0 Å². The summed E-state index contributed by atoms with van der Waals surface area (Å²) in [6.07, 6.45) is 2.11. The molecule has 2 N–H and O–H groups in total. The van der Waals surface area contributed by atoms with E-state index in [1.807, 2.05) is 0 Å². The average molecular weight is 139 g/mol. The second kappa shape index (κ2) is 2.38. The van der Waals surface area contributed by atoms with E-state index < -0.39 is 17.9 Å². The lowest BCUT2D eigenvalue weighted by molar-refractivity contribution is -0.117. The van der Waals surface area contributed by atoms with Gasteiger partial charge in [-0.3, -0.25) is 14.6 Å². The van der Waals surface area contributed by atoms with Crippen LogP contribution in [-0.2, 0) is 9.59 Å². The molecule has 10 heavy (non-hydrogen) atoms. The summed E-state index contributed by atoms with van der Waals surface area (Å²) in [5.41, 5.74) is 4.86. The van der Waals surface area contributed by atoms with Crippen LogP contribution in [0, 0.1) is 0 Å². The molecule has 1 aliphatic rings. The predicted octanol–water partition coefficient (Wildman–Crippen LogP) is -1.48. The van der Waals surface area contributed by atoms with E-state index in [2.05, 4.69) is 9.98 Å². The fraction of sp³-hybridized carbons (Fsp3) is 0.200. The third-order valence-corrected chi connectivity index (χ3v) is 0.980. The van der Waals surface area contributed by atoms with Crippen LogP contribution in [0.15, 0.2) is 9.98 Å². The van der Waals surface area contributed by atoms with E-state index >= 15 is 0 Å². The van der Waals surface area contributed by atoms with Crippen LogP contribution in [0.4, 0.5) is 0 Å². The van der Waals surface area contributed by atoms with Crippen LogP contribution in [0.1, 0.15) is 0 Å². The summed E-state index contributed by atoms with van der Waals surface area (Å²) in [5, 5.41) is 0. The zero-order chi connectivity index (χ0) is 7.56. The Morgan fingerprint density at radius 3 is 2.80 bits per heavy atom. The normalized spacial score (nSPS) is 23.2. The van der Waals surface area contributed by atoms with Crippen LogP contribution in [0.2, 0.25) is 0 Å². The molecule has 1 heterocycles. The highest BCUT2D eigenvalue weighted by molar-refractivity contribution is 6.30. The van der Waals surface area contributed by atoms with Crippen molar-refractivity contribution in [3.05, 3.63) is 0 Å². The Hall–Kier alpha value is -1.52. The quantitative estimate of drug-likeness (QED) is 0.480. The average Bonchev–Trinajstić information content (AvgIpc) is 1.88. The van der Waals surface area contributed by atoms with Crippen LogP contribution in [0.25, 0.3) is 0 Å². The zero-order valence-electron chi connectivity index (χ0n) is 5.02. The summed E-state index contributed by atoms with van der Waals surface area (Å²) in [4.78, 5) is 27.5. The first kappa shape index (κ1) is 6.60. The van der Waals surface area contributed by atoms with E-state index in [-0.39, 0.29) is 0 Å². The first-order chi connectivity index (χ1) is 4.70. The van der Waals surface area contributed by atoms with Gasteiger partial charge in [0.2, 0.25) is 5.91 Å². The van der Waals surface area contributed by atoms with Crippen molar-refractivity contribution in [3.63, 3.8) is 0 Å². The molecule has 5 heteroatoms. The van der Waals surface area contributed by atoms with Crippen molar-refractivity contribution >= 4 is 24.2 Å². The zero-order valence-corrected chi connectivity index (χ0v) is 5.02. The van der Waals surface area contributed by atoms with E-state index in [9.17, 15) is 9.59 Å². The van der Waals surface area contributed by atoms with Gasteiger partial charge >= 0.3 is 0 Å². The molecule has 0 fully saturated rings. The Morgan fingerprint density at radius 1 is 1.70 bits per heavy atom. The number of aliphatic imine (C=N–C) groups is 2. The van der Waals surface area contributed by atoms with Crippen LogP contribution >= 0.6 is 0 Å². The number of nitrogens with zero attached hydrogens (tertiary/aromatic N) is 2. The summed E-state index contributed by atoms with van der Waals surface area (Å²) in [6.45, 7) is 0. The number of hydrogen-bond donors (Lipinski definition) is 1. The number of rotatable bonds is 1. The van der Waals surface area contributed by atoms with Crippen LogP contribution in [0.3, 0.4) is 0 Å². The van der Waals surface area contributed by atoms with E-state index in [1.54, 1.807) is 0 Å². The summed E-state index contributed by atoms with van der Waals surface area (Å²) in [5.74, 6) is -1.06. The maximum Gasteiger partial charge on any atom is 0.287 e. The molecular formula is C5H5N3O2. The molecule has 0 saturated heterocycles. The Morgan fingerprint density at radius 2 is 2.40 bits per heavy atom. The third kappa shape index (κ3) is 1.25. The Balaban J connectivity index is 2.71. The molecule has 0 aromatic carbocycles. The summed E-state index contributed by atoms with van der Waals surface area (Å²) < 4.78 is 0. The molecule has 1 unspecified atom stereocenters. The Bertz CT molecular complexity index is 215. The van der Waals surface area contributed by atoms with Crippen molar-refractivity contribution in [1.82, 2.24) is 0 Å². The van der Waals surface area contributed by atoms with E-state index in [0.717, 1.165) is 12.4 Å². The van der Waals surface area contributed by atoms with Gasteiger partial charge in [0.1, 0.15) is 0 Å². The minimum atomic E-state index is -0.766. The fourth-order valence-corrected chi connectivity index (χ4v) is 0.507. The van der Waals surface area contributed by atoms with E-state index in [1.165, 1.54) is 0 Å². The number of nitrogens with two attached hydrogens (primary N) is 1. The van der Waals surface area contributed by atoms with Gasteiger partial charge in [0.25, 0.3) is 5.91 Å². The number of amides is 2. The molecular weight excluding hydrogens is 134 g/mol. The van der Waals surface area contributed by atoms with Crippen LogP contribution in [-0.4, -0.2) is 30.3 Å². The van der Waals surface area contributed by atoms with Crippen LogP contribution in [0.5, 0.6) is 0 Å². The molecule has 2 amide bonds. The molecule has 0 radical (unpaired) electrons. The topological polar surface area (TPSA) is 84.9 Å². The lowest BCUT2D eigenvalue weighted by atomic mass is 10.3. The van der Waals surface area contributed by atoms with Crippen molar-refractivity contribution in [2.45, 2.75) is 6.04 Å². The largest absolute Gasteiger partial charge is 0.367 e. The lowest BCUT2D eigenvalue weighted by Crippen LogP contribution is -2.30. The molecule has 0 aliphatic carbocycles. The van der Waals surface area contributed by atoms with Gasteiger partial charge in [-0.25, -0.2) is 4.99 Å². The second-order valence-electron chi connectivity index (χ2n) is 1.74. The van der Waals surface area contributed by atoms with Crippen molar-refractivity contribution in [2.75, 3.05) is 0 Å². The van der Waals surface area contributed by atoms with Gasteiger partial charge in [-0.1, -0.05) is 0 Å². The van der Waals surface area contributed by atoms with E-state index in [4.69, 9.17) is 5.73 Å².